The van der Waals surface area contributed by atoms with Crippen LogP contribution in [0.1, 0.15) is 37.7 Å². The van der Waals surface area contributed by atoms with Gasteiger partial charge in [-0.15, -0.1) is 0 Å². The lowest BCUT2D eigenvalue weighted by Crippen LogP contribution is -2.51. The average molecular weight is 561 g/mol. The molecule has 5 aromatic rings. The zero-order chi connectivity index (χ0) is 28.3. The van der Waals surface area contributed by atoms with Crippen molar-refractivity contribution in [3.63, 3.8) is 0 Å². The second kappa shape index (κ2) is 9.78. The molecular formula is C31H27ClF2N4O2. The molecular weight excluding hydrogens is 534 g/mol. The normalized spacial score (nSPS) is 13.7. The summed E-state index contributed by atoms with van der Waals surface area (Å²) in [5.74, 6) is -0.988. The molecule has 0 atom stereocenters. The van der Waals surface area contributed by atoms with Crippen LogP contribution >= 0.6 is 11.6 Å². The van der Waals surface area contributed by atoms with Gasteiger partial charge in [-0.3, -0.25) is 9.59 Å². The van der Waals surface area contributed by atoms with E-state index in [4.69, 9.17) is 11.6 Å². The van der Waals surface area contributed by atoms with E-state index in [0.717, 1.165) is 33.5 Å². The van der Waals surface area contributed by atoms with Gasteiger partial charge in [0.25, 0.3) is 11.8 Å². The van der Waals surface area contributed by atoms with Crippen molar-refractivity contribution in [1.82, 2.24) is 19.8 Å². The number of aromatic nitrogens is 2. The lowest BCUT2D eigenvalue weighted by atomic mass is 9.97. The van der Waals surface area contributed by atoms with Crippen molar-refractivity contribution in [2.24, 2.45) is 0 Å². The molecule has 3 heterocycles. The number of carbonyl (C=O) groups excluding carboxylic acids is 2. The standard InChI is InChI=1S/C31H27ClF2N4O2/c1-16-8-23(17(2)36-16)20-10-25(30(39)35-3)29-24-9-18(31(40)37-14-22(33)15-37)5-7-27(24)38(28(29)11-20)13-19-4-6-21(32)12-26(19)34/h4-12,22,36H,13-15H2,1-3H3,(H,35,39). The van der Waals surface area contributed by atoms with Gasteiger partial charge in [-0.1, -0.05) is 17.7 Å². The molecule has 2 N–H and O–H groups in total. The number of nitrogens with zero attached hydrogens (tertiary/aromatic N) is 2. The number of aromatic amines is 1. The summed E-state index contributed by atoms with van der Waals surface area (Å²) in [7, 11) is 1.57. The number of benzene rings is 3. The Balaban J connectivity index is 1.64. The number of amides is 2. The topological polar surface area (TPSA) is 70.1 Å². The zero-order valence-corrected chi connectivity index (χ0v) is 23.0. The van der Waals surface area contributed by atoms with E-state index in [1.807, 2.05) is 42.7 Å². The van der Waals surface area contributed by atoms with Crippen molar-refractivity contribution in [3.8, 4) is 11.1 Å². The fraction of sp³-hybridized carbons (Fsp3) is 0.226. The third-order valence-corrected chi connectivity index (χ3v) is 7.85. The zero-order valence-electron chi connectivity index (χ0n) is 22.2. The van der Waals surface area contributed by atoms with Gasteiger partial charge >= 0.3 is 0 Å². The quantitative estimate of drug-likeness (QED) is 0.261. The van der Waals surface area contributed by atoms with Crippen LogP contribution in [0.15, 0.2) is 54.6 Å². The summed E-state index contributed by atoms with van der Waals surface area (Å²) in [6, 6.07) is 15.7. The van der Waals surface area contributed by atoms with Gasteiger partial charge in [0.15, 0.2) is 0 Å². The minimum absolute atomic E-state index is 0.0662. The number of carbonyl (C=O) groups is 2. The van der Waals surface area contributed by atoms with E-state index in [1.165, 1.54) is 11.0 Å². The Morgan fingerprint density at radius 3 is 2.48 bits per heavy atom. The minimum Gasteiger partial charge on any atom is -0.362 e. The van der Waals surface area contributed by atoms with E-state index < -0.39 is 12.0 Å². The number of nitrogens with one attached hydrogen (secondary N) is 2. The first-order valence-electron chi connectivity index (χ1n) is 13.0. The van der Waals surface area contributed by atoms with E-state index in [1.54, 1.807) is 31.3 Å². The third-order valence-electron chi connectivity index (χ3n) is 7.61. The Morgan fingerprint density at radius 2 is 1.82 bits per heavy atom. The predicted octanol–water partition coefficient (Wildman–Crippen LogP) is 6.40. The fourth-order valence-electron chi connectivity index (χ4n) is 5.61. The maximum atomic E-state index is 15.0. The SMILES string of the molecule is CNC(=O)c1cc(-c2cc(C)[nH]c2C)cc2c1c1cc(C(=O)N3CC(F)C3)ccc1n2Cc1ccc(Cl)cc1F. The molecule has 0 unspecified atom stereocenters. The first kappa shape index (κ1) is 26.1. The summed E-state index contributed by atoms with van der Waals surface area (Å²) >= 11 is 6.01. The summed E-state index contributed by atoms with van der Waals surface area (Å²) in [5.41, 5.74) is 6.45. The summed E-state index contributed by atoms with van der Waals surface area (Å²) in [6.07, 6.45) is -1.01. The number of likely N-dealkylation sites (tertiary alicyclic amines) is 1. The maximum Gasteiger partial charge on any atom is 0.254 e. The van der Waals surface area contributed by atoms with Crippen LogP contribution in [-0.4, -0.2) is 52.6 Å². The van der Waals surface area contributed by atoms with E-state index in [2.05, 4.69) is 10.3 Å². The van der Waals surface area contributed by atoms with Crippen molar-refractivity contribution in [2.45, 2.75) is 26.6 Å². The monoisotopic (exact) mass is 560 g/mol. The Hall–Kier alpha value is -4.17. The van der Waals surface area contributed by atoms with Crippen molar-refractivity contribution in [3.05, 3.63) is 93.5 Å². The number of fused-ring (bicyclic) bond motifs is 3. The molecule has 0 bridgehead atoms. The average Bonchev–Trinajstić information content (AvgIpc) is 3.42. The summed E-state index contributed by atoms with van der Waals surface area (Å²) in [5, 5.41) is 4.38. The van der Waals surface area contributed by atoms with E-state index >= 15 is 0 Å². The number of alkyl halides is 1. The molecule has 6 rings (SSSR count). The number of H-pyrrole nitrogens is 1. The smallest absolute Gasteiger partial charge is 0.254 e. The van der Waals surface area contributed by atoms with Crippen LogP contribution in [0.3, 0.4) is 0 Å². The lowest BCUT2D eigenvalue weighted by Gasteiger charge is -2.34. The molecule has 9 heteroatoms. The highest BCUT2D eigenvalue weighted by molar-refractivity contribution is 6.30. The predicted molar refractivity (Wildman–Crippen MR) is 153 cm³/mol. The molecule has 204 valence electrons. The number of aryl methyl sites for hydroxylation is 2. The van der Waals surface area contributed by atoms with E-state index in [0.29, 0.717) is 32.5 Å². The van der Waals surface area contributed by atoms with Crippen molar-refractivity contribution < 1.29 is 18.4 Å². The molecule has 1 fully saturated rings. The van der Waals surface area contributed by atoms with Crippen LogP contribution in [0, 0.1) is 19.7 Å². The van der Waals surface area contributed by atoms with Crippen LogP contribution in [0.4, 0.5) is 8.78 Å². The Labute approximate surface area is 234 Å². The highest BCUT2D eigenvalue weighted by atomic mass is 35.5. The van der Waals surface area contributed by atoms with E-state index in [-0.39, 0.29) is 31.4 Å². The first-order valence-corrected chi connectivity index (χ1v) is 13.4. The largest absolute Gasteiger partial charge is 0.362 e. The molecule has 6 nitrogen and oxygen atoms in total. The van der Waals surface area contributed by atoms with Crippen LogP contribution in [0.25, 0.3) is 32.9 Å². The molecule has 1 aliphatic heterocycles. The first-order chi connectivity index (χ1) is 19.1. The number of rotatable bonds is 5. The van der Waals surface area contributed by atoms with Gasteiger partial charge in [-0.2, -0.15) is 0 Å². The van der Waals surface area contributed by atoms with E-state index in [9.17, 15) is 18.4 Å². The number of hydrogen-bond donors (Lipinski definition) is 2. The third kappa shape index (κ3) is 4.32. The maximum absolute atomic E-state index is 15.0. The van der Waals surface area contributed by atoms with Crippen LogP contribution in [-0.2, 0) is 6.54 Å². The van der Waals surface area contributed by atoms with Crippen LogP contribution in [0.2, 0.25) is 5.02 Å². The second-order valence-electron chi connectivity index (χ2n) is 10.3. The Kier molecular flexibility index (Phi) is 6.38. The summed E-state index contributed by atoms with van der Waals surface area (Å²) in [6.45, 7) is 4.25. The summed E-state index contributed by atoms with van der Waals surface area (Å²) in [4.78, 5) is 31.2. The lowest BCUT2D eigenvalue weighted by molar-refractivity contribution is 0.0400. The highest BCUT2D eigenvalue weighted by Gasteiger charge is 2.31. The number of hydrogen-bond acceptors (Lipinski definition) is 2. The molecule has 2 aromatic heterocycles. The number of halogens is 3. The molecule has 0 radical (unpaired) electrons. The Bertz CT molecular complexity index is 1830. The van der Waals surface area contributed by atoms with Gasteiger partial charge in [-0.05, 0) is 67.9 Å². The van der Waals surface area contributed by atoms with Gasteiger partial charge in [0.05, 0.1) is 25.2 Å². The molecule has 40 heavy (non-hydrogen) atoms. The fourth-order valence-corrected chi connectivity index (χ4v) is 5.77. The second-order valence-corrected chi connectivity index (χ2v) is 10.8. The minimum atomic E-state index is -1.01. The molecule has 2 amide bonds. The molecule has 0 aliphatic carbocycles. The highest BCUT2D eigenvalue weighted by Crippen LogP contribution is 2.38. The van der Waals surface area contributed by atoms with Crippen molar-refractivity contribution >= 4 is 45.2 Å². The molecule has 1 saturated heterocycles. The Morgan fingerprint density at radius 1 is 1.05 bits per heavy atom. The van der Waals surface area contributed by atoms with Crippen LogP contribution < -0.4 is 5.32 Å². The van der Waals surface area contributed by atoms with Gasteiger partial charge < -0.3 is 19.8 Å². The summed E-state index contributed by atoms with van der Waals surface area (Å²) < 4.78 is 30.4. The van der Waals surface area contributed by atoms with Crippen molar-refractivity contribution in [2.75, 3.05) is 20.1 Å². The van der Waals surface area contributed by atoms with Gasteiger partial charge in [0, 0.05) is 62.0 Å². The molecule has 1 aliphatic rings. The molecule has 0 saturated carbocycles. The van der Waals surface area contributed by atoms with Crippen molar-refractivity contribution in [1.29, 1.82) is 0 Å². The van der Waals surface area contributed by atoms with Gasteiger partial charge in [0.1, 0.15) is 12.0 Å². The molecule has 3 aromatic carbocycles. The molecule has 0 spiro atoms. The van der Waals surface area contributed by atoms with Crippen LogP contribution in [0.5, 0.6) is 0 Å². The van der Waals surface area contributed by atoms with Gasteiger partial charge in [0.2, 0.25) is 0 Å². The van der Waals surface area contributed by atoms with Gasteiger partial charge in [-0.25, -0.2) is 8.78 Å².